The molecular formula is C58H67ClFN13O10S. The minimum Gasteiger partial charge on any atom is -0.377 e. The Balaban J connectivity index is 0.673. The lowest BCUT2D eigenvalue weighted by atomic mass is 9.88. The quantitative estimate of drug-likeness (QED) is 0.0301. The molecule has 0 aliphatic carbocycles. The third-order valence-electron chi connectivity index (χ3n) is 14.7. The fraction of sp³-hybridized carbons (Fsp3) is 0.431. The van der Waals surface area contributed by atoms with Gasteiger partial charge in [-0.2, -0.15) is 10.2 Å². The zero-order chi connectivity index (χ0) is 59.4. The van der Waals surface area contributed by atoms with Crippen LogP contribution in [0.4, 0.5) is 4.39 Å². The van der Waals surface area contributed by atoms with Gasteiger partial charge in [-0.25, -0.2) is 9.38 Å². The average molecular weight is 1190 g/mol. The number of benzene rings is 3. The summed E-state index contributed by atoms with van der Waals surface area (Å²) in [6, 6.07) is 15.5. The van der Waals surface area contributed by atoms with Gasteiger partial charge in [0, 0.05) is 96.1 Å². The highest BCUT2D eigenvalue weighted by atomic mass is 35.5. The van der Waals surface area contributed by atoms with Crippen molar-refractivity contribution in [3.05, 3.63) is 111 Å². The monoisotopic (exact) mass is 1190 g/mol. The van der Waals surface area contributed by atoms with E-state index in [-0.39, 0.29) is 102 Å². The topological polar surface area (TPSA) is 273 Å². The predicted octanol–water partition coefficient (Wildman–Crippen LogP) is 5.38. The molecule has 5 amide bonds. The van der Waals surface area contributed by atoms with E-state index in [1.165, 1.54) is 19.4 Å². The molecule has 1 unspecified atom stereocenters. The normalized spacial score (nSPS) is 14.8. The van der Waals surface area contributed by atoms with Crippen LogP contribution in [0.15, 0.2) is 70.8 Å². The van der Waals surface area contributed by atoms with E-state index in [1.54, 1.807) is 51.0 Å². The highest BCUT2D eigenvalue weighted by Gasteiger charge is 2.33. The molecule has 1 fully saturated rings. The number of piperidine rings is 1. The lowest BCUT2D eigenvalue weighted by molar-refractivity contribution is -0.134. The molecule has 6 heterocycles. The first kappa shape index (κ1) is 60.9. The van der Waals surface area contributed by atoms with Crippen LogP contribution in [-0.4, -0.2) is 172 Å². The zero-order valence-corrected chi connectivity index (χ0v) is 48.9. The van der Waals surface area contributed by atoms with Crippen LogP contribution in [0, 0.1) is 26.6 Å². The molecule has 26 heteroatoms. The Morgan fingerprint density at radius 3 is 2.40 bits per heavy atom. The summed E-state index contributed by atoms with van der Waals surface area (Å²) in [5.74, 6) is -1.17. The number of rotatable bonds is 26. The highest BCUT2D eigenvalue weighted by molar-refractivity contribution is 7.15. The van der Waals surface area contributed by atoms with Gasteiger partial charge in [0.2, 0.25) is 29.5 Å². The molecule has 0 radical (unpaired) electrons. The van der Waals surface area contributed by atoms with Crippen molar-refractivity contribution in [2.45, 2.75) is 77.7 Å². The van der Waals surface area contributed by atoms with E-state index in [0.717, 1.165) is 37.8 Å². The molecule has 2 aliphatic rings. The average Bonchev–Trinajstić information content (AvgIpc) is 4.36. The van der Waals surface area contributed by atoms with Gasteiger partial charge in [-0.3, -0.25) is 42.9 Å². The smallest absolute Gasteiger partial charge is 0.248 e. The summed E-state index contributed by atoms with van der Waals surface area (Å²) in [5.41, 5.74) is 6.60. The molecule has 0 spiro atoms. The number of fused-ring (bicyclic) bond motifs is 5. The minimum absolute atomic E-state index is 0.00524. The van der Waals surface area contributed by atoms with Gasteiger partial charge in [0.25, 0.3) is 0 Å². The third-order valence-corrected chi connectivity index (χ3v) is 16.1. The summed E-state index contributed by atoms with van der Waals surface area (Å²) in [6.45, 7) is 7.84. The Bertz CT molecular complexity index is 3590. The second kappa shape index (κ2) is 28.3. The molecular weight excluding hydrogens is 1130 g/mol. The fourth-order valence-electron chi connectivity index (χ4n) is 10.2. The molecule has 1 saturated heterocycles. The number of methoxy groups -OCH3 is 1. The first-order valence-corrected chi connectivity index (χ1v) is 28.8. The number of likely N-dealkylation sites (tertiary alicyclic amines) is 1. The van der Waals surface area contributed by atoms with E-state index >= 15 is 4.39 Å². The maximum absolute atomic E-state index is 16.0. The van der Waals surface area contributed by atoms with Gasteiger partial charge >= 0.3 is 0 Å². The van der Waals surface area contributed by atoms with Crippen molar-refractivity contribution in [1.29, 1.82) is 0 Å². The van der Waals surface area contributed by atoms with Crippen LogP contribution < -0.4 is 16.0 Å². The van der Waals surface area contributed by atoms with Gasteiger partial charge < -0.3 is 44.9 Å². The van der Waals surface area contributed by atoms with E-state index in [0.29, 0.717) is 82.3 Å². The lowest BCUT2D eigenvalue weighted by Crippen LogP contribution is -2.41. The van der Waals surface area contributed by atoms with Crippen LogP contribution in [0.5, 0.6) is 0 Å². The van der Waals surface area contributed by atoms with Crippen molar-refractivity contribution >= 4 is 86.2 Å². The van der Waals surface area contributed by atoms with E-state index in [9.17, 15) is 29.1 Å². The predicted molar refractivity (Wildman–Crippen MR) is 313 cm³/mol. The van der Waals surface area contributed by atoms with Crippen molar-refractivity contribution in [3.63, 3.8) is 0 Å². The standard InChI is InChI=1S/C58H67ClFN13O10S/c1-34-35(2)84-58-53(34)55(37-9-11-40(59)12-10-37)66-44(57-68-67-36(3)73(57)58)29-48(75)62-18-22-82-24-26-83-25-23-81-21-17-61-47(74)13-14-51(78)71-19-15-38(16-20-71)56-54-41(42-28-46-39(27-43(42)60)30-65-70(46)4)7-6-8-45(54)72(69-56)33-50(77)63-31-49(76)64-32-52(79)80-5/h6-12,18,27-28,30,38,44,52,79H,13-17,19-26,29,31-33H2,1-5H3,(H,61,74)(H,63,77)(H,64,76)/t44-,52?/m0/s1. The number of carbonyl (C=O) groups excluding carboxylic acids is 5. The van der Waals surface area contributed by atoms with Gasteiger partial charge in [-0.15, -0.1) is 21.5 Å². The van der Waals surface area contributed by atoms with Crippen LogP contribution >= 0.6 is 22.9 Å². The number of aliphatic hydroxyl groups is 1. The van der Waals surface area contributed by atoms with Crippen molar-refractivity contribution < 1.29 is 52.4 Å². The van der Waals surface area contributed by atoms with Crippen molar-refractivity contribution in [2.24, 2.45) is 17.0 Å². The number of halogens is 2. The van der Waals surface area contributed by atoms with Crippen molar-refractivity contribution in [3.8, 4) is 16.1 Å². The second-order valence-electron chi connectivity index (χ2n) is 20.3. The SMILES string of the molecule is COC(O)CNC(=O)CNC(=O)Cn1nc(C2CCN(C(=O)CCC(=O)NCCOCCOCCOCC=NC(=O)C[C@@H]3N=C(c4ccc(Cl)cc4)c4c(sc(C)c4C)-n4c(C)nnc43)CC2)c2c(-c3cc4c(cnn4C)cc3F)cccc21. The number of aromatic nitrogens is 7. The van der Waals surface area contributed by atoms with Crippen molar-refractivity contribution in [1.82, 2.24) is 55.2 Å². The molecule has 3 aromatic carbocycles. The summed E-state index contributed by atoms with van der Waals surface area (Å²) < 4.78 is 42.7. The summed E-state index contributed by atoms with van der Waals surface area (Å²) in [7, 11) is 3.08. The Morgan fingerprint density at radius 1 is 0.893 bits per heavy atom. The molecule has 0 bridgehead atoms. The molecule has 444 valence electrons. The number of hydrogen-bond acceptors (Lipinski definition) is 16. The number of thiophene rings is 1. The third kappa shape index (κ3) is 14.6. The fourth-order valence-corrected chi connectivity index (χ4v) is 11.5. The lowest BCUT2D eigenvalue weighted by Gasteiger charge is -2.31. The maximum atomic E-state index is 16.0. The number of nitrogens with one attached hydrogen (secondary N) is 3. The minimum atomic E-state index is -1.19. The van der Waals surface area contributed by atoms with Gasteiger partial charge in [-0.1, -0.05) is 35.9 Å². The molecule has 0 saturated carbocycles. The Kier molecular flexibility index (Phi) is 20.5. The molecule has 4 N–H and O–H groups in total. The summed E-state index contributed by atoms with van der Waals surface area (Å²) >= 11 is 7.87. The van der Waals surface area contributed by atoms with E-state index in [2.05, 4.69) is 50.1 Å². The van der Waals surface area contributed by atoms with E-state index in [1.807, 2.05) is 47.9 Å². The van der Waals surface area contributed by atoms with E-state index < -0.39 is 30.0 Å². The number of hydrogen-bond donors (Lipinski definition) is 4. The first-order chi connectivity index (χ1) is 40.6. The molecule has 7 aromatic rings. The number of carbonyl (C=O) groups is 5. The van der Waals surface area contributed by atoms with Gasteiger partial charge in [0.15, 0.2) is 12.1 Å². The number of aliphatic hydroxyl groups excluding tert-OH is 1. The maximum Gasteiger partial charge on any atom is 0.248 e. The number of nitrogens with zero attached hydrogens (tertiary/aromatic N) is 10. The number of aliphatic imine (C=N–C) groups is 2. The van der Waals surface area contributed by atoms with Gasteiger partial charge in [0.05, 0.1) is 87.8 Å². The summed E-state index contributed by atoms with van der Waals surface area (Å²) in [5, 5.41) is 38.4. The number of aryl methyl sites for hydroxylation is 3. The van der Waals surface area contributed by atoms with Crippen LogP contribution in [0.2, 0.25) is 5.02 Å². The zero-order valence-electron chi connectivity index (χ0n) is 47.4. The highest BCUT2D eigenvalue weighted by Crippen LogP contribution is 2.42. The number of amides is 5. The molecule has 23 nitrogen and oxygen atoms in total. The molecule has 4 aromatic heterocycles. The first-order valence-electron chi connectivity index (χ1n) is 27.6. The van der Waals surface area contributed by atoms with E-state index in [4.69, 9.17) is 40.6 Å². The Hall–Kier alpha value is -7.65. The molecule has 9 rings (SSSR count). The second-order valence-corrected chi connectivity index (χ2v) is 21.9. The van der Waals surface area contributed by atoms with Gasteiger partial charge in [0.1, 0.15) is 29.2 Å². The van der Waals surface area contributed by atoms with Crippen LogP contribution in [0.1, 0.15) is 83.0 Å². The van der Waals surface area contributed by atoms with Crippen molar-refractivity contribution in [2.75, 3.05) is 79.5 Å². The number of ether oxygens (including phenoxy) is 4. The summed E-state index contributed by atoms with van der Waals surface area (Å²) in [6.07, 6.45) is 2.90. The molecule has 2 aliphatic heterocycles. The Labute approximate surface area is 492 Å². The molecule has 2 atom stereocenters. The van der Waals surface area contributed by atoms with Gasteiger partial charge in [-0.05, 0) is 75.1 Å². The van der Waals surface area contributed by atoms with Crippen LogP contribution in [-0.2, 0) is 56.5 Å². The molecule has 84 heavy (non-hydrogen) atoms. The Morgan fingerprint density at radius 2 is 1.64 bits per heavy atom. The van der Waals surface area contributed by atoms with Crippen LogP contribution in [0.25, 0.3) is 37.9 Å². The largest absolute Gasteiger partial charge is 0.377 e. The summed E-state index contributed by atoms with van der Waals surface area (Å²) in [4.78, 5) is 77.0. The van der Waals surface area contributed by atoms with Crippen LogP contribution in [0.3, 0.4) is 0 Å².